The molecule has 1 unspecified atom stereocenters. The predicted octanol–water partition coefficient (Wildman–Crippen LogP) is 2.21. The summed E-state index contributed by atoms with van der Waals surface area (Å²) in [4.78, 5) is 11.7. The Labute approximate surface area is 107 Å². The molecule has 1 heterocycles. The van der Waals surface area contributed by atoms with Crippen molar-refractivity contribution in [2.24, 2.45) is 5.92 Å². The molecule has 0 aliphatic carbocycles. The van der Waals surface area contributed by atoms with Crippen LogP contribution in [0.4, 0.5) is 0 Å². The van der Waals surface area contributed by atoms with Gasteiger partial charge in [-0.15, -0.1) is 0 Å². The van der Waals surface area contributed by atoms with Crippen LogP contribution in [0.1, 0.15) is 31.7 Å². The number of amides is 1. The Kier molecular flexibility index (Phi) is 6.89. The standard InChI is InChI=1S/C13H21NO2S/c1-2-3-11(4-6-15)9-14-13(16)8-12-5-7-17-10-12/h5,7,10-11,15H,2-4,6,8-9H2,1H3,(H,14,16). The van der Waals surface area contributed by atoms with Gasteiger partial charge in [0.2, 0.25) is 5.91 Å². The molecule has 1 amide bonds. The molecule has 0 saturated heterocycles. The molecule has 3 nitrogen and oxygen atoms in total. The minimum Gasteiger partial charge on any atom is -0.396 e. The molecular formula is C13H21NO2S. The number of aliphatic hydroxyl groups is 1. The summed E-state index contributed by atoms with van der Waals surface area (Å²) < 4.78 is 0. The van der Waals surface area contributed by atoms with Crippen molar-refractivity contribution in [3.63, 3.8) is 0 Å². The number of carbonyl (C=O) groups is 1. The Morgan fingerprint density at radius 2 is 2.35 bits per heavy atom. The zero-order valence-electron chi connectivity index (χ0n) is 10.3. The van der Waals surface area contributed by atoms with E-state index >= 15 is 0 Å². The minimum absolute atomic E-state index is 0.0717. The van der Waals surface area contributed by atoms with E-state index in [4.69, 9.17) is 5.11 Å². The third kappa shape index (κ3) is 5.84. The van der Waals surface area contributed by atoms with Crippen molar-refractivity contribution >= 4 is 17.2 Å². The zero-order valence-corrected chi connectivity index (χ0v) is 11.1. The van der Waals surface area contributed by atoms with Crippen molar-refractivity contribution in [2.45, 2.75) is 32.6 Å². The summed E-state index contributed by atoms with van der Waals surface area (Å²) in [5, 5.41) is 15.8. The smallest absolute Gasteiger partial charge is 0.224 e. The number of carbonyl (C=O) groups excluding carboxylic acids is 1. The molecule has 4 heteroatoms. The average molecular weight is 255 g/mol. The maximum Gasteiger partial charge on any atom is 0.224 e. The van der Waals surface area contributed by atoms with Crippen LogP contribution < -0.4 is 5.32 Å². The lowest BCUT2D eigenvalue weighted by Gasteiger charge is -2.15. The molecule has 0 radical (unpaired) electrons. The van der Waals surface area contributed by atoms with E-state index in [9.17, 15) is 4.79 Å². The highest BCUT2D eigenvalue weighted by Gasteiger charge is 2.09. The van der Waals surface area contributed by atoms with Crippen LogP contribution in [0.25, 0.3) is 0 Å². The topological polar surface area (TPSA) is 49.3 Å². The van der Waals surface area contributed by atoms with E-state index in [-0.39, 0.29) is 12.5 Å². The molecule has 1 aromatic rings. The van der Waals surface area contributed by atoms with Gasteiger partial charge in [-0.2, -0.15) is 11.3 Å². The molecule has 0 aliphatic heterocycles. The molecule has 1 aromatic heterocycles. The fraction of sp³-hybridized carbons (Fsp3) is 0.615. The summed E-state index contributed by atoms with van der Waals surface area (Å²) in [6.07, 6.45) is 3.37. The summed E-state index contributed by atoms with van der Waals surface area (Å²) in [5.74, 6) is 0.471. The number of hydrogen-bond donors (Lipinski definition) is 2. The summed E-state index contributed by atoms with van der Waals surface area (Å²) in [6, 6.07) is 1.97. The van der Waals surface area contributed by atoms with Gasteiger partial charge in [-0.05, 0) is 41.1 Å². The van der Waals surface area contributed by atoms with Gasteiger partial charge in [0.15, 0.2) is 0 Å². The first kappa shape index (κ1) is 14.2. The normalized spacial score (nSPS) is 12.4. The first-order chi connectivity index (χ1) is 8.26. The summed E-state index contributed by atoms with van der Waals surface area (Å²) in [6.45, 7) is 3.00. The van der Waals surface area contributed by atoms with Crippen molar-refractivity contribution in [3.8, 4) is 0 Å². The second kappa shape index (κ2) is 8.25. The van der Waals surface area contributed by atoms with E-state index in [0.29, 0.717) is 18.9 Å². The molecule has 17 heavy (non-hydrogen) atoms. The molecule has 2 N–H and O–H groups in total. The van der Waals surface area contributed by atoms with Crippen LogP contribution in [0.5, 0.6) is 0 Å². The van der Waals surface area contributed by atoms with Crippen molar-refractivity contribution in [3.05, 3.63) is 22.4 Å². The zero-order chi connectivity index (χ0) is 12.5. The maximum absolute atomic E-state index is 11.7. The van der Waals surface area contributed by atoms with Crippen molar-refractivity contribution in [1.82, 2.24) is 5.32 Å². The Balaban J connectivity index is 2.25. The lowest BCUT2D eigenvalue weighted by Crippen LogP contribution is -2.30. The van der Waals surface area contributed by atoms with Crippen LogP contribution in [0.15, 0.2) is 16.8 Å². The fourth-order valence-corrected chi connectivity index (χ4v) is 2.51. The van der Waals surface area contributed by atoms with Gasteiger partial charge in [0, 0.05) is 13.2 Å². The molecule has 1 rings (SSSR count). The van der Waals surface area contributed by atoms with Crippen LogP contribution >= 0.6 is 11.3 Å². The largest absolute Gasteiger partial charge is 0.396 e. The lowest BCUT2D eigenvalue weighted by atomic mass is 10.0. The monoisotopic (exact) mass is 255 g/mol. The van der Waals surface area contributed by atoms with E-state index in [1.165, 1.54) is 0 Å². The second-order valence-corrected chi connectivity index (χ2v) is 5.06. The molecular weight excluding hydrogens is 234 g/mol. The van der Waals surface area contributed by atoms with Crippen LogP contribution in [-0.4, -0.2) is 24.2 Å². The van der Waals surface area contributed by atoms with Gasteiger partial charge in [0.05, 0.1) is 6.42 Å². The highest BCUT2D eigenvalue weighted by atomic mass is 32.1. The van der Waals surface area contributed by atoms with E-state index < -0.39 is 0 Å². The fourth-order valence-electron chi connectivity index (χ4n) is 1.84. The van der Waals surface area contributed by atoms with Crippen LogP contribution in [-0.2, 0) is 11.2 Å². The minimum atomic E-state index is 0.0717. The van der Waals surface area contributed by atoms with Gasteiger partial charge in [0.1, 0.15) is 0 Å². The molecule has 0 aliphatic rings. The number of rotatable bonds is 8. The first-order valence-electron chi connectivity index (χ1n) is 6.14. The van der Waals surface area contributed by atoms with Gasteiger partial charge in [0.25, 0.3) is 0 Å². The van der Waals surface area contributed by atoms with Crippen molar-refractivity contribution < 1.29 is 9.90 Å². The molecule has 0 fully saturated rings. The third-order valence-corrected chi connectivity index (χ3v) is 3.50. The van der Waals surface area contributed by atoms with E-state index in [1.807, 2.05) is 16.8 Å². The Bertz CT molecular complexity index is 305. The van der Waals surface area contributed by atoms with E-state index in [2.05, 4.69) is 12.2 Å². The summed E-state index contributed by atoms with van der Waals surface area (Å²) in [5.41, 5.74) is 1.07. The van der Waals surface area contributed by atoms with Gasteiger partial charge < -0.3 is 10.4 Å². The molecule has 0 bridgehead atoms. The van der Waals surface area contributed by atoms with Gasteiger partial charge in [-0.1, -0.05) is 13.3 Å². The highest BCUT2D eigenvalue weighted by molar-refractivity contribution is 7.07. The Morgan fingerprint density at radius 1 is 1.53 bits per heavy atom. The SMILES string of the molecule is CCCC(CCO)CNC(=O)Cc1ccsc1. The average Bonchev–Trinajstić information content (AvgIpc) is 2.79. The summed E-state index contributed by atoms with van der Waals surface area (Å²) in [7, 11) is 0. The predicted molar refractivity (Wildman–Crippen MR) is 71.1 cm³/mol. The van der Waals surface area contributed by atoms with Crippen LogP contribution in [0.2, 0.25) is 0 Å². The number of nitrogens with one attached hydrogen (secondary N) is 1. The van der Waals surface area contributed by atoms with Gasteiger partial charge >= 0.3 is 0 Å². The summed E-state index contributed by atoms with van der Waals surface area (Å²) >= 11 is 1.61. The molecule has 0 spiro atoms. The quantitative estimate of drug-likeness (QED) is 0.748. The Hall–Kier alpha value is -0.870. The van der Waals surface area contributed by atoms with Crippen LogP contribution in [0, 0.1) is 5.92 Å². The highest BCUT2D eigenvalue weighted by Crippen LogP contribution is 2.10. The first-order valence-corrected chi connectivity index (χ1v) is 7.09. The third-order valence-electron chi connectivity index (χ3n) is 2.77. The van der Waals surface area contributed by atoms with E-state index in [1.54, 1.807) is 11.3 Å². The van der Waals surface area contributed by atoms with E-state index in [0.717, 1.165) is 24.8 Å². The molecule has 96 valence electrons. The van der Waals surface area contributed by atoms with Gasteiger partial charge in [-0.3, -0.25) is 4.79 Å². The molecule has 1 atom stereocenters. The van der Waals surface area contributed by atoms with Crippen LogP contribution in [0.3, 0.4) is 0 Å². The maximum atomic E-state index is 11.7. The van der Waals surface area contributed by atoms with Crippen molar-refractivity contribution in [1.29, 1.82) is 0 Å². The molecule has 0 saturated carbocycles. The number of thiophene rings is 1. The number of aliphatic hydroxyl groups excluding tert-OH is 1. The number of hydrogen-bond acceptors (Lipinski definition) is 3. The van der Waals surface area contributed by atoms with Gasteiger partial charge in [-0.25, -0.2) is 0 Å². The van der Waals surface area contributed by atoms with Crippen molar-refractivity contribution in [2.75, 3.05) is 13.2 Å². The second-order valence-electron chi connectivity index (χ2n) is 4.28. The Morgan fingerprint density at radius 3 is 2.94 bits per heavy atom. The molecule has 0 aromatic carbocycles. The lowest BCUT2D eigenvalue weighted by molar-refractivity contribution is -0.120.